The van der Waals surface area contributed by atoms with Crippen molar-refractivity contribution in [2.24, 2.45) is 0 Å². The Morgan fingerprint density at radius 2 is 1.20 bits per heavy atom. The van der Waals surface area contributed by atoms with Crippen molar-refractivity contribution in [2.75, 3.05) is 26.4 Å². The number of carbonyl (C=O) groups excluding carboxylic acids is 1. The van der Waals surface area contributed by atoms with Crippen molar-refractivity contribution in [1.82, 2.24) is 0 Å². The van der Waals surface area contributed by atoms with Crippen molar-refractivity contribution >= 4 is 14.8 Å². The maximum absolute atomic E-state index is 12.1. The summed E-state index contributed by atoms with van der Waals surface area (Å²) < 4.78 is 23.5. The number of hydrogen-bond acceptors (Lipinski definition) is 5. The van der Waals surface area contributed by atoms with Crippen LogP contribution in [0.1, 0.15) is 79.6 Å². The summed E-state index contributed by atoms with van der Waals surface area (Å²) >= 11 is 0. The van der Waals surface area contributed by atoms with Crippen LogP contribution < -0.4 is 0 Å². The molecule has 0 aromatic carbocycles. The van der Waals surface area contributed by atoms with Gasteiger partial charge in [0.15, 0.2) is 0 Å². The van der Waals surface area contributed by atoms with Gasteiger partial charge in [-0.3, -0.25) is 0 Å². The number of esters is 1. The second kappa shape index (κ2) is 15.6. The predicted octanol–water partition coefficient (Wildman–Crippen LogP) is 4.81. The van der Waals surface area contributed by atoms with Crippen LogP contribution in [0, 0.1) is 0 Å². The van der Waals surface area contributed by atoms with Gasteiger partial charge in [0.1, 0.15) is 0 Å². The van der Waals surface area contributed by atoms with Gasteiger partial charge in [-0.05, 0) is 38.3 Å². The van der Waals surface area contributed by atoms with Crippen LogP contribution in [-0.2, 0) is 22.8 Å². The normalized spacial score (nSPS) is 12.4. The largest absolute Gasteiger partial charge is 0.530 e. The highest BCUT2D eigenvalue weighted by Gasteiger charge is 2.40. The Kier molecular flexibility index (Phi) is 15.1. The zero-order valence-corrected chi connectivity index (χ0v) is 17.9. The lowest BCUT2D eigenvalue weighted by atomic mass is 10.4. The number of ether oxygens (including phenoxy) is 1. The number of hydrogen-bond donors (Lipinski definition) is 0. The third kappa shape index (κ3) is 11.5. The van der Waals surface area contributed by atoms with E-state index >= 15 is 0 Å². The third-order valence-corrected chi connectivity index (χ3v) is 6.16. The first kappa shape index (κ1) is 24.3. The second-order valence-electron chi connectivity index (χ2n) is 6.17. The number of rotatable bonds is 16. The molecule has 0 heterocycles. The fourth-order valence-electron chi connectivity index (χ4n) is 1.96. The summed E-state index contributed by atoms with van der Waals surface area (Å²) in [5.74, 6) is -0.323. The molecular formula is C19H38O5Si. The Hall–Kier alpha value is -0.693. The van der Waals surface area contributed by atoms with Crippen molar-refractivity contribution in [3.05, 3.63) is 11.3 Å². The number of carbonyl (C=O) groups is 1. The van der Waals surface area contributed by atoms with Gasteiger partial charge >= 0.3 is 14.8 Å². The minimum atomic E-state index is -3.04. The maximum Gasteiger partial charge on any atom is 0.530 e. The van der Waals surface area contributed by atoms with Crippen molar-refractivity contribution in [1.29, 1.82) is 0 Å². The fourth-order valence-corrected chi connectivity index (χ4v) is 4.39. The molecule has 0 aliphatic carbocycles. The molecule has 0 spiro atoms. The molecule has 0 atom stereocenters. The Morgan fingerprint density at radius 1 is 0.760 bits per heavy atom. The average Bonchev–Trinajstić information content (AvgIpc) is 2.60. The van der Waals surface area contributed by atoms with Gasteiger partial charge < -0.3 is 18.0 Å². The molecule has 0 amide bonds. The first-order chi connectivity index (χ1) is 12.0. The summed E-state index contributed by atoms with van der Waals surface area (Å²) in [7, 11) is -3.04. The van der Waals surface area contributed by atoms with E-state index in [2.05, 4.69) is 20.8 Å². The minimum Gasteiger partial charge on any atom is -0.462 e. The molecule has 0 radical (unpaired) electrons. The first-order valence-corrected chi connectivity index (χ1v) is 11.6. The summed E-state index contributed by atoms with van der Waals surface area (Å²) in [5, 5.41) is 0. The summed E-state index contributed by atoms with van der Waals surface area (Å²) in [6, 6.07) is 0. The van der Waals surface area contributed by atoms with E-state index in [4.69, 9.17) is 18.0 Å². The van der Waals surface area contributed by atoms with Gasteiger partial charge in [0.2, 0.25) is 0 Å². The highest BCUT2D eigenvalue weighted by atomic mass is 28.4. The van der Waals surface area contributed by atoms with E-state index < -0.39 is 8.80 Å². The summed E-state index contributed by atoms with van der Waals surface area (Å²) in [4.78, 5) is 12.1. The van der Waals surface area contributed by atoms with Gasteiger partial charge in [-0.2, -0.15) is 0 Å². The second-order valence-corrected chi connectivity index (χ2v) is 8.53. The van der Waals surface area contributed by atoms with Crippen LogP contribution >= 0.6 is 0 Å². The van der Waals surface area contributed by atoms with E-state index in [0.717, 1.165) is 44.9 Å². The van der Waals surface area contributed by atoms with E-state index in [0.29, 0.717) is 32.0 Å². The molecule has 0 fully saturated rings. The standard InChI is InChI=1S/C19H38O5Si/c1-6-10-14-22-25(23-15-11-7-2,24-16-12-8-3)17-18(5)19(20)21-13-9-4/h17H,6-16H2,1-5H3/b18-17+. The molecular weight excluding hydrogens is 336 g/mol. The van der Waals surface area contributed by atoms with Crippen LogP contribution in [0.25, 0.3) is 0 Å². The Bertz CT molecular complexity index is 344. The molecule has 6 heteroatoms. The molecule has 0 aliphatic rings. The maximum atomic E-state index is 12.1. The monoisotopic (exact) mass is 374 g/mol. The smallest absolute Gasteiger partial charge is 0.462 e. The van der Waals surface area contributed by atoms with Gasteiger partial charge in [0, 0.05) is 25.4 Å². The van der Waals surface area contributed by atoms with Gasteiger partial charge in [-0.1, -0.05) is 47.0 Å². The molecule has 0 N–H and O–H groups in total. The molecule has 0 aromatic heterocycles. The molecule has 0 aromatic rings. The minimum absolute atomic E-state index is 0.323. The summed E-state index contributed by atoms with van der Waals surface area (Å²) in [6.45, 7) is 12.2. The molecule has 5 nitrogen and oxygen atoms in total. The lowest BCUT2D eigenvalue weighted by Crippen LogP contribution is -2.46. The van der Waals surface area contributed by atoms with E-state index in [1.807, 2.05) is 6.92 Å². The molecule has 0 saturated carbocycles. The van der Waals surface area contributed by atoms with Crippen molar-refractivity contribution < 1.29 is 22.8 Å². The quantitative estimate of drug-likeness (QED) is 0.168. The lowest BCUT2D eigenvalue weighted by molar-refractivity contribution is -0.139. The van der Waals surface area contributed by atoms with Crippen LogP contribution in [0.15, 0.2) is 11.3 Å². The van der Waals surface area contributed by atoms with Gasteiger partial charge in [-0.15, -0.1) is 0 Å². The van der Waals surface area contributed by atoms with Crippen LogP contribution in [0.5, 0.6) is 0 Å². The molecule has 0 unspecified atom stereocenters. The Labute approximate surface area is 155 Å². The van der Waals surface area contributed by atoms with Crippen molar-refractivity contribution in [3.63, 3.8) is 0 Å². The molecule has 0 bridgehead atoms. The molecule has 0 rings (SSSR count). The lowest BCUT2D eigenvalue weighted by Gasteiger charge is -2.27. The van der Waals surface area contributed by atoms with Gasteiger partial charge in [0.25, 0.3) is 0 Å². The van der Waals surface area contributed by atoms with E-state index in [-0.39, 0.29) is 5.97 Å². The van der Waals surface area contributed by atoms with Gasteiger partial charge in [0.05, 0.1) is 6.61 Å². The summed E-state index contributed by atoms with van der Waals surface area (Å²) in [5.41, 5.74) is 2.27. The SMILES string of the molecule is CCCCO[Si](/C=C(\C)C(=O)OCCC)(OCCCC)OCCCC. The highest BCUT2D eigenvalue weighted by molar-refractivity contribution is 6.66. The van der Waals surface area contributed by atoms with Gasteiger partial charge in [-0.25, -0.2) is 4.79 Å². The average molecular weight is 375 g/mol. The molecule has 0 aliphatic heterocycles. The summed E-state index contributed by atoms with van der Waals surface area (Å²) in [6.07, 6.45) is 6.73. The Morgan fingerprint density at radius 3 is 1.56 bits per heavy atom. The van der Waals surface area contributed by atoms with Crippen LogP contribution in [0.2, 0.25) is 0 Å². The molecule has 0 saturated heterocycles. The van der Waals surface area contributed by atoms with Crippen LogP contribution in [-0.4, -0.2) is 41.2 Å². The third-order valence-electron chi connectivity index (χ3n) is 3.56. The zero-order chi connectivity index (χ0) is 19.0. The fraction of sp³-hybridized carbons (Fsp3) is 0.842. The highest BCUT2D eigenvalue weighted by Crippen LogP contribution is 2.18. The first-order valence-electron chi connectivity index (χ1n) is 9.83. The van der Waals surface area contributed by atoms with Crippen LogP contribution in [0.3, 0.4) is 0 Å². The van der Waals surface area contributed by atoms with Crippen LogP contribution in [0.4, 0.5) is 0 Å². The topological polar surface area (TPSA) is 54.0 Å². The van der Waals surface area contributed by atoms with Crippen molar-refractivity contribution in [3.8, 4) is 0 Å². The number of unbranched alkanes of at least 4 members (excludes halogenated alkanes) is 3. The molecule has 148 valence electrons. The van der Waals surface area contributed by atoms with E-state index in [1.165, 1.54) is 0 Å². The predicted molar refractivity (Wildman–Crippen MR) is 103 cm³/mol. The van der Waals surface area contributed by atoms with Crippen molar-refractivity contribution in [2.45, 2.75) is 79.6 Å². The van der Waals surface area contributed by atoms with E-state index in [9.17, 15) is 4.79 Å². The Balaban J connectivity index is 5.24. The molecule has 25 heavy (non-hydrogen) atoms. The van der Waals surface area contributed by atoms with E-state index in [1.54, 1.807) is 12.6 Å². The zero-order valence-electron chi connectivity index (χ0n) is 16.9.